The number of rotatable bonds is 6. The summed E-state index contributed by atoms with van der Waals surface area (Å²) >= 11 is 0. The Labute approximate surface area is 137 Å². The van der Waals surface area contributed by atoms with Crippen molar-refractivity contribution < 1.29 is 9.53 Å². The normalized spacial score (nSPS) is 15.3. The summed E-state index contributed by atoms with van der Waals surface area (Å²) in [4.78, 5) is 12.5. The molecule has 0 atom stereocenters. The largest absolute Gasteiger partial charge is 0.493 e. The van der Waals surface area contributed by atoms with Gasteiger partial charge in [-0.1, -0.05) is 44.2 Å². The second kappa shape index (κ2) is 6.45. The number of amides is 1. The van der Waals surface area contributed by atoms with E-state index in [2.05, 4.69) is 31.3 Å². The lowest BCUT2D eigenvalue weighted by Crippen LogP contribution is -2.34. The molecule has 1 amide bonds. The van der Waals surface area contributed by atoms with E-state index in [0.29, 0.717) is 18.1 Å². The van der Waals surface area contributed by atoms with Crippen molar-refractivity contribution in [3.63, 3.8) is 0 Å². The van der Waals surface area contributed by atoms with Crippen LogP contribution in [0.25, 0.3) is 0 Å². The SMILES string of the molecule is CC(C)COc1ccc(C(=O)NC2(c3ccccc3)CC2)cc1. The molecule has 23 heavy (non-hydrogen) atoms. The molecule has 0 saturated heterocycles. The second-order valence-corrected chi connectivity index (χ2v) is 6.63. The number of hydrogen-bond donors (Lipinski definition) is 1. The van der Waals surface area contributed by atoms with Crippen LogP contribution in [0, 0.1) is 5.92 Å². The zero-order valence-corrected chi connectivity index (χ0v) is 13.7. The van der Waals surface area contributed by atoms with Crippen LogP contribution in [0.4, 0.5) is 0 Å². The van der Waals surface area contributed by atoms with E-state index in [9.17, 15) is 4.79 Å². The van der Waals surface area contributed by atoms with Gasteiger partial charge in [0.25, 0.3) is 5.91 Å². The van der Waals surface area contributed by atoms with Gasteiger partial charge < -0.3 is 10.1 Å². The van der Waals surface area contributed by atoms with E-state index in [1.54, 1.807) is 0 Å². The highest BCUT2D eigenvalue weighted by atomic mass is 16.5. The van der Waals surface area contributed by atoms with Crippen LogP contribution in [-0.4, -0.2) is 12.5 Å². The first-order valence-electron chi connectivity index (χ1n) is 8.20. The summed E-state index contributed by atoms with van der Waals surface area (Å²) in [6, 6.07) is 17.6. The monoisotopic (exact) mass is 309 g/mol. The molecule has 1 aliphatic carbocycles. The van der Waals surface area contributed by atoms with E-state index in [-0.39, 0.29) is 11.4 Å². The quantitative estimate of drug-likeness (QED) is 0.871. The van der Waals surface area contributed by atoms with Crippen LogP contribution in [0.1, 0.15) is 42.6 Å². The predicted octanol–water partition coefficient (Wildman–Crippen LogP) is 4.14. The maximum absolute atomic E-state index is 12.5. The first-order chi connectivity index (χ1) is 11.1. The van der Waals surface area contributed by atoms with Gasteiger partial charge in [0.15, 0.2) is 0 Å². The Balaban J connectivity index is 1.65. The molecule has 1 saturated carbocycles. The van der Waals surface area contributed by atoms with Gasteiger partial charge in [-0.2, -0.15) is 0 Å². The van der Waals surface area contributed by atoms with Crippen molar-refractivity contribution in [1.29, 1.82) is 0 Å². The summed E-state index contributed by atoms with van der Waals surface area (Å²) < 4.78 is 5.65. The second-order valence-electron chi connectivity index (χ2n) is 6.63. The van der Waals surface area contributed by atoms with Gasteiger partial charge in [-0.15, -0.1) is 0 Å². The third kappa shape index (κ3) is 3.73. The van der Waals surface area contributed by atoms with Crippen molar-refractivity contribution in [2.75, 3.05) is 6.61 Å². The zero-order valence-electron chi connectivity index (χ0n) is 13.7. The van der Waals surface area contributed by atoms with Crippen molar-refractivity contribution >= 4 is 5.91 Å². The molecule has 2 aromatic carbocycles. The minimum absolute atomic E-state index is 0.0261. The van der Waals surface area contributed by atoms with Crippen molar-refractivity contribution in [2.24, 2.45) is 5.92 Å². The zero-order chi connectivity index (χ0) is 16.3. The Morgan fingerprint density at radius 1 is 1.09 bits per heavy atom. The summed E-state index contributed by atoms with van der Waals surface area (Å²) in [7, 11) is 0. The molecule has 0 aliphatic heterocycles. The topological polar surface area (TPSA) is 38.3 Å². The summed E-state index contributed by atoms with van der Waals surface area (Å²) in [6.07, 6.45) is 2.00. The number of carbonyl (C=O) groups is 1. The Morgan fingerprint density at radius 2 is 1.74 bits per heavy atom. The summed E-state index contributed by atoms with van der Waals surface area (Å²) in [5.41, 5.74) is 1.68. The molecule has 3 nitrogen and oxygen atoms in total. The molecule has 3 heteroatoms. The van der Waals surface area contributed by atoms with E-state index in [4.69, 9.17) is 4.74 Å². The summed E-state index contributed by atoms with van der Waals surface area (Å²) in [6.45, 7) is 4.91. The van der Waals surface area contributed by atoms with Gasteiger partial charge in [0, 0.05) is 5.56 Å². The molecule has 1 aliphatic rings. The molecular formula is C20H23NO2. The fourth-order valence-electron chi connectivity index (χ4n) is 2.62. The molecule has 3 rings (SSSR count). The molecule has 0 radical (unpaired) electrons. The summed E-state index contributed by atoms with van der Waals surface area (Å²) in [5.74, 6) is 1.26. The van der Waals surface area contributed by atoms with Crippen LogP contribution in [0.15, 0.2) is 54.6 Å². The molecule has 1 N–H and O–H groups in total. The molecule has 120 valence electrons. The lowest BCUT2D eigenvalue weighted by Gasteiger charge is -2.18. The van der Waals surface area contributed by atoms with Gasteiger partial charge in [0.2, 0.25) is 0 Å². The van der Waals surface area contributed by atoms with Gasteiger partial charge in [-0.3, -0.25) is 4.79 Å². The van der Waals surface area contributed by atoms with Crippen LogP contribution in [0.2, 0.25) is 0 Å². The van der Waals surface area contributed by atoms with E-state index in [0.717, 1.165) is 18.6 Å². The van der Waals surface area contributed by atoms with Crippen molar-refractivity contribution in [3.8, 4) is 5.75 Å². The first kappa shape index (κ1) is 15.6. The molecule has 2 aromatic rings. The Morgan fingerprint density at radius 3 is 2.30 bits per heavy atom. The van der Waals surface area contributed by atoms with Crippen LogP contribution < -0.4 is 10.1 Å². The molecule has 1 fully saturated rings. The third-order valence-corrected chi connectivity index (χ3v) is 4.13. The highest BCUT2D eigenvalue weighted by Crippen LogP contribution is 2.45. The lowest BCUT2D eigenvalue weighted by molar-refractivity contribution is 0.0931. The minimum Gasteiger partial charge on any atom is -0.493 e. The average Bonchev–Trinajstić information content (AvgIpc) is 3.35. The number of benzene rings is 2. The van der Waals surface area contributed by atoms with Crippen LogP contribution in [0.3, 0.4) is 0 Å². The maximum atomic E-state index is 12.5. The van der Waals surface area contributed by atoms with E-state index >= 15 is 0 Å². The molecule has 0 aromatic heterocycles. The lowest BCUT2D eigenvalue weighted by atomic mass is 10.0. The number of hydrogen-bond acceptors (Lipinski definition) is 2. The van der Waals surface area contributed by atoms with Gasteiger partial charge in [0.1, 0.15) is 5.75 Å². The molecule has 0 bridgehead atoms. The van der Waals surface area contributed by atoms with Crippen molar-refractivity contribution in [2.45, 2.75) is 32.2 Å². The fourth-order valence-corrected chi connectivity index (χ4v) is 2.62. The Hall–Kier alpha value is -2.29. The standard InChI is InChI=1S/C20H23NO2/c1-15(2)14-23-18-10-8-16(9-11-18)19(22)21-20(12-13-20)17-6-4-3-5-7-17/h3-11,15H,12-14H2,1-2H3,(H,21,22). The molecule has 0 spiro atoms. The van der Waals surface area contributed by atoms with Gasteiger partial charge in [-0.05, 0) is 48.6 Å². The van der Waals surface area contributed by atoms with E-state index < -0.39 is 0 Å². The Bertz CT molecular complexity index is 658. The highest BCUT2D eigenvalue weighted by molar-refractivity contribution is 5.95. The average molecular weight is 309 g/mol. The van der Waals surface area contributed by atoms with Crippen LogP contribution in [0.5, 0.6) is 5.75 Å². The maximum Gasteiger partial charge on any atom is 0.251 e. The fraction of sp³-hybridized carbons (Fsp3) is 0.350. The predicted molar refractivity (Wildman–Crippen MR) is 91.6 cm³/mol. The Kier molecular flexibility index (Phi) is 4.37. The van der Waals surface area contributed by atoms with Gasteiger partial charge in [-0.25, -0.2) is 0 Å². The van der Waals surface area contributed by atoms with E-state index in [1.165, 1.54) is 5.56 Å². The van der Waals surface area contributed by atoms with Crippen molar-refractivity contribution in [1.82, 2.24) is 5.32 Å². The van der Waals surface area contributed by atoms with Gasteiger partial charge in [0.05, 0.1) is 12.1 Å². The molecule has 0 unspecified atom stereocenters. The van der Waals surface area contributed by atoms with E-state index in [1.807, 2.05) is 42.5 Å². The first-order valence-corrected chi connectivity index (χ1v) is 8.20. The minimum atomic E-state index is -0.175. The van der Waals surface area contributed by atoms with Crippen molar-refractivity contribution in [3.05, 3.63) is 65.7 Å². The van der Waals surface area contributed by atoms with Crippen LogP contribution >= 0.6 is 0 Å². The number of ether oxygens (including phenoxy) is 1. The van der Waals surface area contributed by atoms with Gasteiger partial charge >= 0.3 is 0 Å². The molecular weight excluding hydrogens is 286 g/mol. The highest BCUT2D eigenvalue weighted by Gasteiger charge is 2.45. The third-order valence-electron chi connectivity index (χ3n) is 4.13. The summed E-state index contributed by atoms with van der Waals surface area (Å²) in [5, 5.41) is 3.19. The van der Waals surface area contributed by atoms with Crippen LogP contribution in [-0.2, 0) is 5.54 Å². The molecule has 0 heterocycles. The number of nitrogens with one attached hydrogen (secondary N) is 1. The smallest absolute Gasteiger partial charge is 0.251 e. The number of carbonyl (C=O) groups excluding carboxylic acids is 1.